The van der Waals surface area contributed by atoms with Gasteiger partial charge in [-0.2, -0.15) is 0 Å². The number of methoxy groups -OCH3 is 2. The minimum absolute atomic E-state index is 0.00651. The van der Waals surface area contributed by atoms with Gasteiger partial charge in [0, 0.05) is 32.8 Å². The largest absolute Gasteiger partial charge is 0.497 e. The van der Waals surface area contributed by atoms with Crippen molar-refractivity contribution in [1.82, 2.24) is 5.32 Å². The minimum atomic E-state index is -0.558. The molecule has 0 aliphatic heterocycles. The molecule has 1 unspecified atom stereocenters. The van der Waals surface area contributed by atoms with Gasteiger partial charge in [0.05, 0.1) is 30.2 Å². The van der Waals surface area contributed by atoms with Gasteiger partial charge in [0.2, 0.25) is 5.91 Å². The highest BCUT2D eigenvalue weighted by Gasteiger charge is 2.19. The summed E-state index contributed by atoms with van der Waals surface area (Å²) in [5.41, 5.74) is 1.86. The van der Waals surface area contributed by atoms with Crippen molar-refractivity contribution >= 4 is 70.1 Å². The lowest BCUT2D eigenvalue weighted by molar-refractivity contribution is -0.115. The van der Waals surface area contributed by atoms with Crippen molar-refractivity contribution in [2.45, 2.75) is 17.1 Å². The highest BCUT2D eigenvalue weighted by Crippen LogP contribution is 2.30. The number of hydrogen-bond donors (Lipinski definition) is 3. The first kappa shape index (κ1) is 32.5. The maximum atomic E-state index is 13.6. The molecule has 0 radical (unpaired) electrons. The zero-order valence-corrected chi connectivity index (χ0v) is 26.3. The number of rotatable bonds is 11. The monoisotopic (exact) mass is 649 g/mol. The van der Waals surface area contributed by atoms with Crippen molar-refractivity contribution in [2.24, 2.45) is 0 Å². The Morgan fingerprint density at radius 1 is 0.841 bits per heavy atom. The summed E-state index contributed by atoms with van der Waals surface area (Å²) in [6.45, 7) is 1.76. The van der Waals surface area contributed by atoms with Crippen LogP contribution >= 0.6 is 35.0 Å². The van der Waals surface area contributed by atoms with E-state index in [1.807, 2.05) is 6.07 Å². The van der Waals surface area contributed by atoms with E-state index >= 15 is 0 Å². The molecule has 1 atom stereocenters. The topological polar surface area (TPSA) is 106 Å². The van der Waals surface area contributed by atoms with Gasteiger partial charge >= 0.3 is 0 Å². The zero-order valence-electron chi connectivity index (χ0n) is 24.0. The lowest BCUT2D eigenvalue weighted by Gasteiger charge is -2.15. The van der Waals surface area contributed by atoms with Crippen LogP contribution in [0.1, 0.15) is 22.8 Å². The van der Waals surface area contributed by atoms with E-state index in [2.05, 4.69) is 16.0 Å². The summed E-state index contributed by atoms with van der Waals surface area (Å²) in [4.78, 5) is 40.2. The van der Waals surface area contributed by atoms with Gasteiger partial charge in [-0.3, -0.25) is 14.4 Å². The Kier molecular flexibility index (Phi) is 11.3. The number of ether oxygens (including phenoxy) is 2. The van der Waals surface area contributed by atoms with E-state index in [9.17, 15) is 14.4 Å². The van der Waals surface area contributed by atoms with Crippen LogP contribution in [0.3, 0.4) is 0 Å². The van der Waals surface area contributed by atoms with Gasteiger partial charge in [0.15, 0.2) is 0 Å². The van der Waals surface area contributed by atoms with Gasteiger partial charge in [-0.25, -0.2) is 0 Å². The molecule has 0 heterocycles. The number of amides is 3. The molecule has 4 aromatic rings. The SMILES string of the molecule is COc1ccc(/C=C(/NC(=O)c2ccccc2)C(=O)Nc2cccc(SC(C)C(=O)Nc3ccc(Cl)cc3Cl)c2)c(OC)c1. The smallest absolute Gasteiger partial charge is 0.272 e. The van der Waals surface area contributed by atoms with E-state index < -0.39 is 17.1 Å². The molecule has 3 amide bonds. The van der Waals surface area contributed by atoms with E-state index in [4.69, 9.17) is 32.7 Å². The van der Waals surface area contributed by atoms with Gasteiger partial charge in [0.1, 0.15) is 17.2 Å². The second kappa shape index (κ2) is 15.3. The summed E-state index contributed by atoms with van der Waals surface area (Å²) in [5.74, 6) is -0.237. The maximum Gasteiger partial charge on any atom is 0.272 e. The number of nitrogens with one attached hydrogen (secondary N) is 3. The standard InChI is InChI=1S/C33H29Cl2N3O5S/c1-20(31(39)37-28-15-13-23(34)17-27(28)35)44-26-11-7-10-24(18-26)36-33(41)29(38-32(40)21-8-5-4-6-9-21)16-22-12-14-25(42-2)19-30(22)43-3/h4-20H,1-3H3,(H,36,41)(H,37,39)(H,38,40)/b29-16+. The van der Waals surface area contributed by atoms with E-state index in [-0.39, 0.29) is 11.6 Å². The summed E-state index contributed by atoms with van der Waals surface area (Å²) in [5, 5.41) is 8.68. The van der Waals surface area contributed by atoms with Crippen LogP contribution in [-0.4, -0.2) is 37.2 Å². The van der Waals surface area contributed by atoms with Gasteiger partial charge in [-0.1, -0.05) is 47.5 Å². The molecule has 0 bridgehead atoms. The first-order valence-electron chi connectivity index (χ1n) is 13.3. The van der Waals surface area contributed by atoms with Crippen LogP contribution in [0.4, 0.5) is 11.4 Å². The molecule has 3 N–H and O–H groups in total. The Morgan fingerprint density at radius 3 is 2.32 bits per heavy atom. The third kappa shape index (κ3) is 8.79. The average molecular weight is 651 g/mol. The Morgan fingerprint density at radius 2 is 1.61 bits per heavy atom. The molecular weight excluding hydrogens is 621 g/mol. The highest BCUT2D eigenvalue weighted by atomic mass is 35.5. The summed E-state index contributed by atoms with van der Waals surface area (Å²) in [6, 6.07) is 25.6. The van der Waals surface area contributed by atoms with E-state index in [1.165, 1.54) is 32.1 Å². The molecule has 0 fully saturated rings. The molecule has 0 spiro atoms. The summed E-state index contributed by atoms with van der Waals surface area (Å²) in [6.07, 6.45) is 1.53. The van der Waals surface area contributed by atoms with Crippen LogP contribution in [0, 0.1) is 0 Å². The molecule has 0 saturated heterocycles. The van der Waals surface area contributed by atoms with Crippen molar-refractivity contribution in [3.8, 4) is 11.5 Å². The lowest BCUT2D eigenvalue weighted by Crippen LogP contribution is -2.30. The number of anilines is 2. The molecule has 4 aromatic carbocycles. The van der Waals surface area contributed by atoms with E-state index in [0.29, 0.717) is 44.0 Å². The molecule has 0 aliphatic carbocycles. The number of carbonyl (C=O) groups is 3. The van der Waals surface area contributed by atoms with Crippen LogP contribution in [0.5, 0.6) is 11.5 Å². The van der Waals surface area contributed by atoms with Crippen LogP contribution in [-0.2, 0) is 9.59 Å². The number of halogens is 2. The van der Waals surface area contributed by atoms with Gasteiger partial charge in [-0.15, -0.1) is 11.8 Å². The van der Waals surface area contributed by atoms with Crippen LogP contribution < -0.4 is 25.4 Å². The van der Waals surface area contributed by atoms with Gasteiger partial charge in [0.25, 0.3) is 11.8 Å². The van der Waals surface area contributed by atoms with E-state index in [1.54, 1.807) is 91.9 Å². The summed E-state index contributed by atoms with van der Waals surface area (Å²) >= 11 is 13.4. The molecule has 0 saturated carbocycles. The fraction of sp³-hybridized carbons (Fsp3) is 0.121. The van der Waals surface area contributed by atoms with Gasteiger partial charge in [-0.05, 0) is 73.7 Å². The summed E-state index contributed by atoms with van der Waals surface area (Å²) in [7, 11) is 3.04. The zero-order chi connectivity index (χ0) is 31.6. The van der Waals surface area contributed by atoms with Crippen molar-refractivity contribution < 1.29 is 23.9 Å². The highest BCUT2D eigenvalue weighted by molar-refractivity contribution is 8.00. The molecule has 44 heavy (non-hydrogen) atoms. The number of hydrogen-bond acceptors (Lipinski definition) is 6. The first-order valence-corrected chi connectivity index (χ1v) is 14.9. The lowest BCUT2D eigenvalue weighted by atomic mass is 10.1. The van der Waals surface area contributed by atoms with Crippen molar-refractivity contribution in [1.29, 1.82) is 0 Å². The second-order valence-corrected chi connectivity index (χ2v) is 11.6. The number of benzene rings is 4. The minimum Gasteiger partial charge on any atom is -0.497 e. The van der Waals surface area contributed by atoms with Crippen molar-refractivity contribution in [2.75, 3.05) is 24.9 Å². The molecule has 0 aromatic heterocycles. The van der Waals surface area contributed by atoms with E-state index in [0.717, 1.165) is 4.90 Å². The third-order valence-electron chi connectivity index (χ3n) is 6.23. The number of thioether (sulfide) groups is 1. The fourth-order valence-corrected chi connectivity index (χ4v) is 5.35. The Balaban J connectivity index is 1.53. The normalized spacial score (nSPS) is 11.7. The van der Waals surface area contributed by atoms with Gasteiger partial charge < -0.3 is 25.4 Å². The van der Waals surface area contributed by atoms with Crippen LogP contribution in [0.2, 0.25) is 10.0 Å². The Bertz CT molecular complexity index is 1700. The molecule has 11 heteroatoms. The summed E-state index contributed by atoms with van der Waals surface area (Å²) < 4.78 is 10.8. The molecule has 8 nitrogen and oxygen atoms in total. The van der Waals surface area contributed by atoms with Crippen LogP contribution in [0.25, 0.3) is 6.08 Å². The Labute approximate surface area is 269 Å². The molecule has 4 rings (SSSR count). The van der Waals surface area contributed by atoms with Crippen molar-refractivity contribution in [3.05, 3.63) is 118 Å². The molecular formula is C33H29Cl2N3O5S. The number of carbonyl (C=O) groups excluding carboxylic acids is 3. The quantitative estimate of drug-likeness (QED) is 0.114. The maximum absolute atomic E-state index is 13.6. The Hall–Kier alpha value is -4.44. The predicted octanol–water partition coefficient (Wildman–Crippen LogP) is 7.54. The first-order chi connectivity index (χ1) is 21.2. The fourth-order valence-electron chi connectivity index (χ4n) is 3.96. The molecule has 0 aliphatic rings. The predicted molar refractivity (Wildman–Crippen MR) is 177 cm³/mol. The van der Waals surface area contributed by atoms with Crippen molar-refractivity contribution in [3.63, 3.8) is 0 Å². The molecule has 226 valence electrons. The third-order valence-corrected chi connectivity index (χ3v) is 7.87. The average Bonchev–Trinajstić information content (AvgIpc) is 3.02. The van der Waals surface area contributed by atoms with Crippen LogP contribution in [0.15, 0.2) is 102 Å². The second-order valence-electron chi connectivity index (χ2n) is 9.34.